The summed E-state index contributed by atoms with van der Waals surface area (Å²) < 4.78 is 11.5. The molecule has 1 saturated heterocycles. The second-order valence-corrected chi connectivity index (χ2v) is 8.29. The number of benzene rings is 1. The van der Waals surface area contributed by atoms with Crippen LogP contribution in [-0.2, 0) is 19.7 Å². The van der Waals surface area contributed by atoms with Crippen LogP contribution in [-0.4, -0.2) is 48.1 Å². The van der Waals surface area contributed by atoms with Crippen LogP contribution in [0.4, 0.5) is 0 Å². The Morgan fingerprint density at radius 1 is 0.897 bits per heavy atom. The van der Waals surface area contributed by atoms with Gasteiger partial charge in [-0.1, -0.05) is 12.1 Å². The predicted molar refractivity (Wildman–Crippen MR) is 116 cm³/mol. The molecule has 1 aliphatic rings. The van der Waals surface area contributed by atoms with E-state index >= 15 is 0 Å². The third-order valence-electron chi connectivity index (χ3n) is 5.20. The maximum absolute atomic E-state index is 5.95. The van der Waals surface area contributed by atoms with Crippen LogP contribution >= 0.6 is 11.3 Å². The van der Waals surface area contributed by atoms with Crippen LogP contribution < -0.4 is 9.47 Å². The molecule has 1 aromatic carbocycles. The van der Waals surface area contributed by atoms with Crippen LogP contribution in [0.2, 0.25) is 0 Å². The Bertz CT molecular complexity index is 878. The molecular weight excluding hydrogens is 382 g/mol. The average Bonchev–Trinajstić information content (AvgIpc) is 3.28. The van der Waals surface area contributed by atoms with Gasteiger partial charge in [-0.2, -0.15) is 0 Å². The first kappa shape index (κ1) is 19.9. The van der Waals surface area contributed by atoms with Gasteiger partial charge in [0.25, 0.3) is 0 Å². The molecule has 0 radical (unpaired) electrons. The first-order chi connectivity index (χ1) is 14.3. The van der Waals surface area contributed by atoms with E-state index in [1.165, 1.54) is 16.0 Å². The molecule has 0 spiro atoms. The Balaban J connectivity index is 1.29. The molecule has 2 aromatic heterocycles. The number of aromatic nitrogens is 1. The predicted octanol–water partition coefficient (Wildman–Crippen LogP) is 4.05. The summed E-state index contributed by atoms with van der Waals surface area (Å²) in [4.78, 5) is 10.3. The van der Waals surface area contributed by atoms with Gasteiger partial charge < -0.3 is 9.47 Å². The summed E-state index contributed by atoms with van der Waals surface area (Å²) >= 11 is 1.70. The van der Waals surface area contributed by atoms with Crippen molar-refractivity contribution in [2.45, 2.75) is 19.7 Å². The van der Waals surface area contributed by atoms with Gasteiger partial charge >= 0.3 is 0 Å². The van der Waals surface area contributed by atoms with Gasteiger partial charge in [-0.25, -0.2) is 0 Å². The van der Waals surface area contributed by atoms with Crippen molar-refractivity contribution in [3.05, 3.63) is 76.2 Å². The highest BCUT2D eigenvalue weighted by molar-refractivity contribution is 7.09. The van der Waals surface area contributed by atoms with Gasteiger partial charge in [0.2, 0.25) is 0 Å². The van der Waals surface area contributed by atoms with Gasteiger partial charge in [-0.15, -0.1) is 11.3 Å². The zero-order chi connectivity index (χ0) is 19.9. The molecule has 3 heterocycles. The van der Waals surface area contributed by atoms with Crippen LogP contribution in [0.5, 0.6) is 11.5 Å². The fourth-order valence-corrected chi connectivity index (χ4v) is 4.20. The van der Waals surface area contributed by atoms with E-state index < -0.39 is 0 Å². The second-order valence-electron chi connectivity index (χ2n) is 7.26. The molecular formula is C23H27N3O2S. The molecule has 152 valence electrons. The number of rotatable bonds is 8. The molecule has 5 nitrogen and oxygen atoms in total. The minimum atomic E-state index is 0.576. The van der Waals surface area contributed by atoms with E-state index in [0.717, 1.165) is 50.8 Å². The monoisotopic (exact) mass is 409 g/mol. The topological polar surface area (TPSA) is 37.8 Å². The van der Waals surface area contributed by atoms with Gasteiger partial charge in [-0.3, -0.25) is 14.8 Å². The lowest BCUT2D eigenvalue weighted by molar-refractivity contribution is 0.122. The quantitative estimate of drug-likeness (QED) is 0.561. The van der Waals surface area contributed by atoms with Gasteiger partial charge in [0.05, 0.1) is 7.11 Å². The third-order valence-corrected chi connectivity index (χ3v) is 6.05. The Morgan fingerprint density at radius 3 is 2.28 bits per heavy atom. The lowest BCUT2D eigenvalue weighted by atomic mass is 10.1. The number of nitrogens with zero attached hydrogens (tertiary/aromatic N) is 3. The van der Waals surface area contributed by atoms with Crippen molar-refractivity contribution in [1.29, 1.82) is 0 Å². The summed E-state index contributed by atoms with van der Waals surface area (Å²) in [5.41, 5.74) is 2.59. The summed E-state index contributed by atoms with van der Waals surface area (Å²) in [6.45, 7) is 6.83. The van der Waals surface area contributed by atoms with Crippen molar-refractivity contribution in [2.24, 2.45) is 0 Å². The Kier molecular flexibility index (Phi) is 6.77. The number of piperazine rings is 1. The van der Waals surface area contributed by atoms with Crippen LogP contribution in [0.25, 0.3) is 0 Å². The van der Waals surface area contributed by atoms with Crippen molar-refractivity contribution < 1.29 is 9.47 Å². The van der Waals surface area contributed by atoms with Gasteiger partial charge in [-0.05, 0) is 46.8 Å². The van der Waals surface area contributed by atoms with Crippen molar-refractivity contribution in [1.82, 2.24) is 14.8 Å². The summed E-state index contributed by atoms with van der Waals surface area (Å²) in [5, 5.41) is 2.07. The first-order valence-electron chi connectivity index (χ1n) is 9.96. The van der Waals surface area contributed by atoms with E-state index in [1.54, 1.807) is 18.4 Å². The van der Waals surface area contributed by atoms with Crippen molar-refractivity contribution in [3.63, 3.8) is 0 Å². The first-order valence-corrected chi connectivity index (χ1v) is 10.8. The minimum absolute atomic E-state index is 0.576. The maximum atomic E-state index is 5.95. The fraction of sp³-hybridized carbons (Fsp3) is 0.348. The average molecular weight is 410 g/mol. The lowest BCUT2D eigenvalue weighted by Crippen LogP contribution is -2.45. The SMILES string of the molecule is COc1cc(CN2CCN(Cc3ccncc3)CC2)ccc1OCc1cccs1. The van der Waals surface area contributed by atoms with E-state index in [0.29, 0.717) is 6.61 Å². The zero-order valence-corrected chi connectivity index (χ0v) is 17.6. The molecule has 3 aromatic rings. The molecule has 0 saturated carbocycles. The van der Waals surface area contributed by atoms with Crippen molar-refractivity contribution in [2.75, 3.05) is 33.3 Å². The fourth-order valence-electron chi connectivity index (χ4n) is 3.58. The normalized spacial score (nSPS) is 15.3. The van der Waals surface area contributed by atoms with E-state index in [-0.39, 0.29) is 0 Å². The van der Waals surface area contributed by atoms with Gasteiger partial charge in [0.15, 0.2) is 11.5 Å². The Labute approximate surface area is 176 Å². The Hall–Kier alpha value is -2.41. The van der Waals surface area contributed by atoms with Gasteiger partial charge in [0, 0.05) is 56.5 Å². The third kappa shape index (κ3) is 5.56. The van der Waals surface area contributed by atoms with E-state index in [9.17, 15) is 0 Å². The largest absolute Gasteiger partial charge is 0.493 e. The molecule has 1 aliphatic heterocycles. The number of ether oxygens (including phenoxy) is 2. The number of pyridine rings is 1. The molecule has 0 aliphatic carbocycles. The highest BCUT2D eigenvalue weighted by atomic mass is 32.1. The smallest absolute Gasteiger partial charge is 0.161 e. The molecule has 0 N–H and O–H groups in total. The summed E-state index contributed by atoms with van der Waals surface area (Å²) in [6, 6.07) is 14.6. The highest BCUT2D eigenvalue weighted by Gasteiger charge is 2.18. The van der Waals surface area contributed by atoms with Crippen molar-refractivity contribution >= 4 is 11.3 Å². The minimum Gasteiger partial charge on any atom is -0.493 e. The Morgan fingerprint density at radius 2 is 1.62 bits per heavy atom. The lowest BCUT2D eigenvalue weighted by Gasteiger charge is -2.34. The maximum Gasteiger partial charge on any atom is 0.161 e. The molecule has 0 atom stereocenters. The van der Waals surface area contributed by atoms with Crippen LogP contribution in [0.1, 0.15) is 16.0 Å². The van der Waals surface area contributed by atoms with Crippen LogP contribution in [0, 0.1) is 0 Å². The molecule has 6 heteroatoms. The molecule has 1 fully saturated rings. The molecule has 4 rings (SSSR count). The van der Waals surface area contributed by atoms with Crippen LogP contribution in [0.15, 0.2) is 60.2 Å². The summed E-state index contributed by atoms with van der Waals surface area (Å²) in [5.74, 6) is 1.60. The standard InChI is InChI=1S/C23H27N3O2S/c1-27-23-15-20(4-5-22(23)28-18-21-3-2-14-29-21)17-26-12-10-25(11-13-26)16-19-6-8-24-9-7-19/h2-9,14-15H,10-13,16-18H2,1H3. The number of methoxy groups -OCH3 is 1. The van der Waals surface area contributed by atoms with Gasteiger partial charge in [0.1, 0.15) is 6.61 Å². The van der Waals surface area contributed by atoms with E-state index in [1.807, 2.05) is 24.5 Å². The number of thiophene rings is 1. The highest BCUT2D eigenvalue weighted by Crippen LogP contribution is 2.30. The number of hydrogen-bond donors (Lipinski definition) is 0. The molecule has 0 amide bonds. The van der Waals surface area contributed by atoms with E-state index in [2.05, 4.69) is 50.5 Å². The number of hydrogen-bond acceptors (Lipinski definition) is 6. The second kappa shape index (κ2) is 9.87. The summed E-state index contributed by atoms with van der Waals surface area (Å²) in [6.07, 6.45) is 3.74. The zero-order valence-electron chi connectivity index (χ0n) is 16.8. The van der Waals surface area contributed by atoms with Crippen molar-refractivity contribution in [3.8, 4) is 11.5 Å². The molecule has 0 bridgehead atoms. The summed E-state index contributed by atoms with van der Waals surface area (Å²) in [7, 11) is 1.70. The molecule has 29 heavy (non-hydrogen) atoms. The van der Waals surface area contributed by atoms with Crippen LogP contribution in [0.3, 0.4) is 0 Å². The van der Waals surface area contributed by atoms with E-state index in [4.69, 9.17) is 9.47 Å². The molecule has 0 unspecified atom stereocenters.